The first-order valence-corrected chi connectivity index (χ1v) is 8.16. The Hall–Kier alpha value is -1.32. The van der Waals surface area contributed by atoms with Crippen molar-refractivity contribution in [3.63, 3.8) is 0 Å². The summed E-state index contributed by atoms with van der Waals surface area (Å²) in [5, 5.41) is 3.68. The van der Waals surface area contributed by atoms with Crippen LogP contribution in [0.3, 0.4) is 0 Å². The second-order valence-corrected chi connectivity index (χ2v) is 6.46. The van der Waals surface area contributed by atoms with Gasteiger partial charge in [-0.25, -0.2) is 0 Å². The summed E-state index contributed by atoms with van der Waals surface area (Å²) >= 11 is 3.62. The van der Waals surface area contributed by atoms with Crippen molar-refractivity contribution in [1.29, 1.82) is 0 Å². The first-order valence-electron chi connectivity index (χ1n) is 7.37. The van der Waals surface area contributed by atoms with Gasteiger partial charge in [-0.1, -0.05) is 43.3 Å². The van der Waals surface area contributed by atoms with Gasteiger partial charge in [-0.05, 0) is 59.0 Å². The van der Waals surface area contributed by atoms with Crippen LogP contribution in [0.2, 0.25) is 0 Å². The van der Waals surface area contributed by atoms with E-state index in [4.69, 9.17) is 5.73 Å². The summed E-state index contributed by atoms with van der Waals surface area (Å²) in [7, 11) is 0. The van der Waals surface area contributed by atoms with Crippen molar-refractivity contribution in [3.8, 4) is 0 Å². The summed E-state index contributed by atoms with van der Waals surface area (Å²) in [6, 6.07) is 16.9. The molecule has 2 aromatic carbocycles. The van der Waals surface area contributed by atoms with Crippen molar-refractivity contribution in [3.05, 3.63) is 64.1 Å². The maximum atomic E-state index is 6.12. The molecule has 0 amide bonds. The molecule has 0 aliphatic heterocycles. The monoisotopic (exact) mass is 346 g/mol. The van der Waals surface area contributed by atoms with Gasteiger partial charge in [-0.3, -0.25) is 0 Å². The standard InChI is InChI=1S/C18H23BrN2/c1-3-18(13-20,12-15-7-5-4-6-8-15)21-17-11-14(2)9-10-16(17)19/h4-11,21H,3,12-13,20H2,1-2H3. The van der Waals surface area contributed by atoms with Gasteiger partial charge in [0, 0.05) is 16.7 Å². The lowest BCUT2D eigenvalue weighted by Gasteiger charge is -2.34. The van der Waals surface area contributed by atoms with E-state index in [1.165, 1.54) is 11.1 Å². The Morgan fingerprint density at radius 1 is 1.14 bits per heavy atom. The van der Waals surface area contributed by atoms with Crippen LogP contribution in [-0.2, 0) is 6.42 Å². The molecular weight excluding hydrogens is 324 g/mol. The van der Waals surface area contributed by atoms with Crippen molar-refractivity contribution < 1.29 is 0 Å². The summed E-state index contributed by atoms with van der Waals surface area (Å²) in [4.78, 5) is 0. The molecule has 0 spiro atoms. The highest BCUT2D eigenvalue weighted by molar-refractivity contribution is 9.10. The zero-order chi connectivity index (χ0) is 15.3. The predicted octanol–water partition coefficient (Wildman–Crippen LogP) is 4.52. The SMILES string of the molecule is CCC(CN)(Cc1ccccc1)Nc1cc(C)ccc1Br. The lowest BCUT2D eigenvalue weighted by molar-refractivity contribution is 0.457. The molecule has 1 atom stereocenters. The first kappa shape index (κ1) is 16.1. The van der Waals surface area contributed by atoms with Gasteiger partial charge in [0.2, 0.25) is 0 Å². The minimum atomic E-state index is -0.127. The molecule has 2 nitrogen and oxygen atoms in total. The van der Waals surface area contributed by atoms with Crippen molar-refractivity contribution in [2.75, 3.05) is 11.9 Å². The van der Waals surface area contributed by atoms with Crippen LogP contribution in [-0.4, -0.2) is 12.1 Å². The van der Waals surface area contributed by atoms with Crippen LogP contribution >= 0.6 is 15.9 Å². The van der Waals surface area contributed by atoms with Gasteiger partial charge >= 0.3 is 0 Å². The lowest BCUT2D eigenvalue weighted by Crippen LogP contribution is -2.47. The molecule has 0 saturated carbocycles. The third-order valence-electron chi connectivity index (χ3n) is 3.97. The fraction of sp³-hybridized carbons (Fsp3) is 0.333. The van der Waals surface area contributed by atoms with Crippen LogP contribution in [0, 0.1) is 6.92 Å². The van der Waals surface area contributed by atoms with E-state index in [-0.39, 0.29) is 5.54 Å². The second-order valence-electron chi connectivity index (χ2n) is 5.61. The highest BCUT2D eigenvalue weighted by atomic mass is 79.9. The molecule has 0 aliphatic rings. The Morgan fingerprint density at radius 3 is 2.48 bits per heavy atom. The van der Waals surface area contributed by atoms with E-state index in [1.54, 1.807) is 0 Å². The van der Waals surface area contributed by atoms with E-state index in [0.717, 1.165) is 23.0 Å². The summed E-state index contributed by atoms with van der Waals surface area (Å²) in [5.41, 5.74) is 9.65. The van der Waals surface area contributed by atoms with E-state index < -0.39 is 0 Å². The normalized spacial score (nSPS) is 13.7. The Labute approximate surface area is 135 Å². The predicted molar refractivity (Wildman–Crippen MR) is 94.7 cm³/mol. The molecule has 21 heavy (non-hydrogen) atoms. The number of halogens is 1. The van der Waals surface area contributed by atoms with Crippen molar-refractivity contribution in [2.45, 2.75) is 32.2 Å². The van der Waals surface area contributed by atoms with Gasteiger partial charge in [0.15, 0.2) is 0 Å². The number of hydrogen-bond donors (Lipinski definition) is 2. The summed E-state index contributed by atoms with van der Waals surface area (Å²) in [6.07, 6.45) is 1.89. The molecule has 3 heteroatoms. The molecule has 0 saturated heterocycles. The fourth-order valence-electron chi connectivity index (χ4n) is 2.53. The van der Waals surface area contributed by atoms with Gasteiger partial charge in [-0.15, -0.1) is 0 Å². The van der Waals surface area contributed by atoms with Crippen LogP contribution in [0.1, 0.15) is 24.5 Å². The molecule has 0 fully saturated rings. The molecule has 0 aromatic heterocycles. The van der Waals surface area contributed by atoms with E-state index in [0.29, 0.717) is 6.54 Å². The zero-order valence-corrected chi connectivity index (χ0v) is 14.3. The maximum absolute atomic E-state index is 6.12. The van der Waals surface area contributed by atoms with Crippen LogP contribution in [0.25, 0.3) is 0 Å². The third-order valence-corrected chi connectivity index (χ3v) is 4.67. The van der Waals surface area contributed by atoms with E-state index >= 15 is 0 Å². The van der Waals surface area contributed by atoms with E-state index in [2.05, 4.69) is 77.6 Å². The highest BCUT2D eigenvalue weighted by Crippen LogP contribution is 2.29. The maximum Gasteiger partial charge on any atom is 0.0533 e. The topological polar surface area (TPSA) is 38.0 Å². The largest absolute Gasteiger partial charge is 0.377 e. The minimum absolute atomic E-state index is 0.127. The molecule has 1 unspecified atom stereocenters. The molecule has 112 valence electrons. The molecule has 0 aliphatic carbocycles. The highest BCUT2D eigenvalue weighted by Gasteiger charge is 2.27. The van der Waals surface area contributed by atoms with Gasteiger partial charge in [-0.2, -0.15) is 0 Å². The Kier molecular flexibility index (Phi) is 5.43. The molecule has 3 N–H and O–H groups in total. The number of nitrogens with two attached hydrogens (primary N) is 1. The molecule has 0 radical (unpaired) electrons. The average molecular weight is 347 g/mol. The summed E-state index contributed by atoms with van der Waals surface area (Å²) < 4.78 is 1.08. The van der Waals surface area contributed by atoms with Crippen LogP contribution < -0.4 is 11.1 Å². The van der Waals surface area contributed by atoms with Crippen LogP contribution in [0.4, 0.5) is 5.69 Å². The Morgan fingerprint density at radius 2 is 1.86 bits per heavy atom. The van der Waals surface area contributed by atoms with E-state index in [1.807, 2.05) is 6.07 Å². The second kappa shape index (κ2) is 7.10. The van der Waals surface area contributed by atoms with Crippen molar-refractivity contribution >= 4 is 21.6 Å². The Bertz CT molecular complexity index is 577. The molecule has 0 bridgehead atoms. The quantitative estimate of drug-likeness (QED) is 0.806. The third kappa shape index (κ3) is 4.08. The lowest BCUT2D eigenvalue weighted by atomic mass is 9.87. The number of aryl methyl sites for hydroxylation is 1. The molecule has 0 heterocycles. The van der Waals surface area contributed by atoms with Crippen molar-refractivity contribution in [1.82, 2.24) is 0 Å². The zero-order valence-electron chi connectivity index (χ0n) is 12.7. The number of rotatable bonds is 6. The number of benzene rings is 2. The van der Waals surface area contributed by atoms with Gasteiger partial charge in [0.05, 0.1) is 5.54 Å². The van der Waals surface area contributed by atoms with Gasteiger partial charge in [0.1, 0.15) is 0 Å². The first-order chi connectivity index (χ1) is 10.1. The number of nitrogens with one attached hydrogen (secondary N) is 1. The van der Waals surface area contributed by atoms with Gasteiger partial charge < -0.3 is 11.1 Å². The number of anilines is 1. The Balaban J connectivity index is 2.27. The fourth-order valence-corrected chi connectivity index (χ4v) is 2.88. The van der Waals surface area contributed by atoms with E-state index in [9.17, 15) is 0 Å². The summed E-state index contributed by atoms with van der Waals surface area (Å²) in [5.74, 6) is 0. The molecular formula is C18H23BrN2. The van der Waals surface area contributed by atoms with Gasteiger partial charge in [0.25, 0.3) is 0 Å². The van der Waals surface area contributed by atoms with Crippen LogP contribution in [0.5, 0.6) is 0 Å². The summed E-state index contributed by atoms with van der Waals surface area (Å²) in [6.45, 7) is 4.89. The molecule has 2 rings (SSSR count). The number of hydrogen-bond acceptors (Lipinski definition) is 2. The smallest absolute Gasteiger partial charge is 0.0533 e. The minimum Gasteiger partial charge on any atom is -0.377 e. The average Bonchev–Trinajstić information content (AvgIpc) is 2.51. The van der Waals surface area contributed by atoms with Crippen LogP contribution in [0.15, 0.2) is 53.0 Å². The van der Waals surface area contributed by atoms with Crippen molar-refractivity contribution in [2.24, 2.45) is 5.73 Å². The molecule has 2 aromatic rings.